The van der Waals surface area contributed by atoms with Crippen molar-refractivity contribution in [3.8, 4) is 11.5 Å². The summed E-state index contributed by atoms with van der Waals surface area (Å²) in [5, 5.41) is 17.7. The molecule has 1 aromatic rings. The molecule has 0 heterocycles. The average Bonchev–Trinajstić information content (AvgIpc) is 3.15. The molecule has 0 bridgehead atoms. The van der Waals surface area contributed by atoms with Crippen LogP contribution in [-0.2, 0) is 4.74 Å². The van der Waals surface area contributed by atoms with Gasteiger partial charge in [-0.2, -0.15) is 0 Å². The highest BCUT2D eigenvalue weighted by atomic mass is 16.7. The summed E-state index contributed by atoms with van der Waals surface area (Å²) in [5.41, 5.74) is 1.18. The van der Waals surface area contributed by atoms with Gasteiger partial charge in [0.1, 0.15) is 5.75 Å². The first-order chi connectivity index (χ1) is 8.70. The molecule has 0 saturated heterocycles. The van der Waals surface area contributed by atoms with Crippen LogP contribution in [0.4, 0.5) is 0 Å². The van der Waals surface area contributed by atoms with Gasteiger partial charge in [0.15, 0.2) is 12.5 Å². The van der Waals surface area contributed by atoms with Crippen molar-refractivity contribution >= 4 is 7.32 Å². The molecule has 2 N–H and O–H groups in total. The Bertz CT molecular complexity index is 392. The highest BCUT2D eigenvalue weighted by Gasteiger charge is 2.25. The zero-order valence-electron chi connectivity index (χ0n) is 10.3. The summed E-state index contributed by atoms with van der Waals surface area (Å²) in [6.07, 6.45) is 2.38. The molecule has 0 radical (unpaired) electrons. The molecule has 0 atom stereocenters. The number of ether oxygens (including phenoxy) is 2. The summed E-state index contributed by atoms with van der Waals surface area (Å²) < 4.78 is 15.4. The lowest BCUT2D eigenvalue weighted by Gasteiger charge is -2.13. The fraction of sp³-hybridized carbons (Fsp3) is 0.500. The third-order valence-electron chi connectivity index (χ3n) is 2.75. The van der Waals surface area contributed by atoms with Gasteiger partial charge in [-0.15, -0.1) is 0 Å². The van der Waals surface area contributed by atoms with Gasteiger partial charge in [0.2, 0.25) is 0 Å². The van der Waals surface area contributed by atoms with Gasteiger partial charge >= 0.3 is 7.32 Å². The lowest BCUT2D eigenvalue weighted by atomic mass is 10.1. The largest absolute Gasteiger partial charge is 0.707 e. The Labute approximate surface area is 106 Å². The van der Waals surface area contributed by atoms with Crippen molar-refractivity contribution in [1.29, 1.82) is 0 Å². The zero-order valence-corrected chi connectivity index (χ0v) is 10.3. The predicted molar refractivity (Wildman–Crippen MR) is 66.4 cm³/mol. The van der Waals surface area contributed by atoms with Gasteiger partial charge in [-0.25, -0.2) is 0 Å². The first kappa shape index (κ1) is 13.2. The van der Waals surface area contributed by atoms with Crippen LogP contribution >= 0.6 is 0 Å². The first-order valence-corrected chi connectivity index (χ1v) is 6.08. The molecule has 0 unspecified atom stereocenters. The topological polar surface area (TPSA) is 68.2 Å². The van der Waals surface area contributed by atoms with E-state index in [9.17, 15) is 0 Å². The van der Waals surface area contributed by atoms with Crippen LogP contribution in [0.3, 0.4) is 0 Å². The van der Waals surface area contributed by atoms with Crippen LogP contribution in [0.5, 0.6) is 11.5 Å². The molecule has 98 valence electrons. The molecule has 1 aliphatic rings. The van der Waals surface area contributed by atoms with Crippen molar-refractivity contribution in [2.45, 2.75) is 25.7 Å². The van der Waals surface area contributed by atoms with Crippen LogP contribution in [0.1, 0.15) is 31.2 Å². The van der Waals surface area contributed by atoms with E-state index in [1.807, 2.05) is 19.1 Å². The summed E-state index contributed by atoms with van der Waals surface area (Å²) >= 11 is 0. The minimum atomic E-state index is -1.86. The maximum Gasteiger partial charge on any atom is 0.707 e. The van der Waals surface area contributed by atoms with E-state index in [2.05, 4.69) is 0 Å². The van der Waals surface area contributed by atoms with Crippen LogP contribution in [0.15, 0.2) is 18.2 Å². The Morgan fingerprint density at radius 3 is 2.67 bits per heavy atom. The Hall–Kier alpha value is -1.24. The molecule has 1 aliphatic carbocycles. The summed E-state index contributed by atoms with van der Waals surface area (Å²) in [6, 6.07) is 5.48. The van der Waals surface area contributed by atoms with Crippen molar-refractivity contribution in [1.82, 2.24) is 0 Å². The number of hydrogen-bond donors (Lipinski definition) is 2. The van der Waals surface area contributed by atoms with Gasteiger partial charge in [-0.05, 0) is 43.4 Å². The molecule has 6 heteroatoms. The maximum absolute atomic E-state index is 8.84. The van der Waals surface area contributed by atoms with Crippen LogP contribution in [-0.4, -0.2) is 30.8 Å². The van der Waals surface area contributed by atoms with Crippen LogP contribution in [0, 0.1) is 0 Å². The minimum absolute atomic E-state index is 0.114. The maximum atomic E-state index is 8.84. The predicted octanol–water partition coefficient (Wildman–Crippen LogP) is 1.29. The van der Waals surface area contributed by atoms with E-state index < -0.39 is 7.32 Å². The van der Waals surface area contributed by atoms with Gasteiger partial charge in [0.25, 0.3) is 0 Å². The molecule has 1 aromatic carbocycles. The van der Waals surface area contributed by atoms with E-state index >= 15 is 0 Å². The summed E-state index contributed by atoms with van der Waals surface area (Å²) in [7, 11) is -1.86. The van der Waals surface area contributed by atoms with Crippen molar-refractivity contribution < 1.29 is 24.2 Å². The van der Waals surface area contributed by atoms with Crippen molar-refractivity contribution in [3.63, 3.8) is 0 Å². The third kappa shape index (κ3) is 3.63. The van der Waals surface area contributed by atoms with Crippen molar-refractivity contribution in [2.24, 2.45) is 0 Å². The van der Waals surface area contributed by atoms with Crippen LogP contribution in [0.25, 0.3) is 0 Å². The zero-order chi connectivity index (χ0) is 13.0. The minimum Gasteiger partial charge on any atom is -0.509 e. The van der Waals surface area contributed by atoms with E-state index in [0.717, 1.165) is 0 Å². The Balaban J connectivity index is 2.10. The first-order valence-electron chi connectivity index (χ1n) is 6.08. The molecule has 5 nitrogen and oxygen atoms in total. The SMILES string of the molecule is CCOCOc1cc(C2CC2)ccc1OB(O)O. The molecule has 1 fully saturated rings. The standard InChI is InChI=1S/C12H17BO5/c1-2-16-8-17-12-7-10(9-3-4-9)5-6-11(12)18-13(14)15/h5-7,9,14-15H,2-4,8H2,1H3. The van der Waals surface area contributed by atoms with E-state index in [-0.39, 0.29) is 6.79 Å². The smallest absolute Gasteiger partial charge is 0.509 e. The second-order valence-corrected chi connectivity index (χ2v) is 4.18. The number of rotatable bonds is 7. The fourth-order valence-corrected chi connectivity index (χ4v) is 1.71. The fourth-order valence-electron chi connectivity index (χ4n) is 1.71. The van der Waals surface area contributed by atoms with E-state index in [4.69, 9.17) is 24.2 Å². The highest BCUT2D eigenvalue weighted by molar-refractivity contribution is 6.33. The van der Waals surface area contributed by atoms with Crippen LogP contribution < -0.4 is 9.39 Å². The highest BCUT2D eigenvalue weighted by Crippen LogP contribution is 2.43. The van der Waals surface area contributed by atoms with Gasteiger partial charge in [-0.1, -0.05) is 6.07 Å². The van der Waals surface area contributed by atoms with E-state index in [0.29, 0.717) is 24.0 Å². The van der Waals surface area contributed by atoms with Gasteiger partial charge in [0, 0.05) is 6.61 Å². The Morgan fingerprint density at radius 1 is 1.28 bits per heavy atom. The second kappa shape index (κ2) is 6.09. The van der Waals surface area contributed by atoms with Crippen LogP contribution in [0.2, 0.25) is 0 Å². The molecule has 18 heavy (non-hydrogen) atoms. The van der Waals surface area contributed by atoms with Gasteiger partial charge in [-0.3, -0.25) is 0 Å². The quantitative estimate of drug-likeness (QED) is 0.434. The lowest BCUT2D eigenvalue weighted by Crippen LogP contribution is -2.21. The lowest BCUT2D eigenvalue weighted by molar-refractivity contribution is 0.0210. The van der Waals surface area contributed by atoms with Gasteiger partial charge in [0.05, 0.1) is 0 Å². The second-order valence-electron chi connectivity index (χ2n) is 4.18. The number of benzene rings is 1. The summed E-state index contributed by atoms with van der Waals surface area (Å²) in [5.74, 6) is 1.36. The molecule has 0 amide bonds. The molecule has 0 spiro atoms. The molecule has 0 aliphatic heterocycles. The third-order valence-corrected chi connectivity index (χ3v) is 2.75. The molecular formula is C12H17BO5. The van der Waals surface area contributed by atoms with Crippen molar-refractivity contribution in [3.05, 3.63) is 23.8 Å². The molecular weight excluding hydrogens is 235 g/mol. The van der Waals surface area contributed by atoms with Gasteiger partial charge < -0.3 is 24.2 Å². The van der Waals surface area contributed by atoms with E-state index in [1.165, 1.54) is 18.4 Å². The van der Waals surface area contributed by atoms with E-state index in [1.54, 1.807) is 6.07 Å². The normalized spacial score (nSPS) is 14.4. The Morgan fingerprint density at radius 2 is 2.06 bits per heavy atom. The monoisotopic (exact) mass is 252 g/mol. The summed E-state index contributed by atoms with van der Waals surface area (Å²) in [4.78, 5) is 0. The molecule has 0 aromatic heterocycles. The number of hydrogen-bond acceptors (Lipinski definition) is 5. The Kier molecular flexibility index (Phi) is 4.46. The van der Waals surface area contributed by atoms with Crippen molar-refractivity contribution in [2.75, 3.05) is 13.4 Å². The summed E-state index contributed by atoms with van der Waals surface area (Å²) in [6.45, 7) is 2.54. The molecule has 2 rings (SSSR count). The molecule has 1 saturated carbocycles. The average molecular weight is 252 g/mol.